The summed E-state index contributed by atoms with van der Waals surface area (Å²) in [6, 6.07) is 0. The minimum absolute atomic E-state index is 0.0551. The molecule has 2 heterocycles. The van der Waals surface area contributed by atoms with Crippen molar-refractivity contribution in [3.05, 3.63) is 22.2 Å². The van der Waals surface area contributed by atoms with E-state index in [4.69, 9.17) is 16.3 Å². The van der Waals surface area contributed by atoms with Crippen LogP contribution in [0, 0.1) is 13.8 Å². The minimum atomic E-state index is -0.0551. The normalized spacial score (nSPS) is 21.8. The van der Waals surface area contributed by atoms with E-state index in [0.29, 0.717) is 11.0 Å². The molecule has 0 amide bonds. The summed E-state index contributed by atoms with van der Waals surface area (Å²) in [5, 5.41) is 0.532. The Labute approximate surface area is 107 Å². The van der Waals surface area contributed by atoms with Gasteiger partial charge >= 0.3 is 0 Å². The summed E-state index contributed by atoms with van der Waals surface area (Å²) < 4.78 is 5.72. The van der Waals surface area contributed by atoms with Gasteiger partial charge in [0.2, 0.25) is 0 Å². The molecule has 1 fully saturated rings. The first-order valence-corrected chi connectivity index (χ1v) is 6.34. The van der Waals surface area contributed by atoms with Crippen LogP contribution in [-0.4, -0.2) is 41.1 Å². The average molecular weight is 256 g/mol. The van der Waals surface area contributed by atoms with Crippen molar-refractivity contribution >= 4 is 11.6 Å². The van der Waals surface area contributed by atoms with Crippen LogP contribution in [0.15, 0.2) is 0 Å². The molecule has 5 heteroatoms. The number of halogens is 1. The number of nitrogens with zero attached hydrogens (tertiary/aromatic N) is 3. The number of aromatic nitrogens is 2. The van der Waals surface area contributed by atoms with Gasteiger partial charge < -0.3 is 4.74 Å². The molecule has 1 saturated heterocycles. The molecule has 1 unspecified atom stereocenters. The van der Waals surface area contributed by atoms with Gasteiger partial charge in [-0.2, -0.15) is 0 Å². The Bertz CT molecular complexity index is 388. The Kier molecular flexibility index (Phi) is 3.97. The predicted octanol–water partition coefficient (Wildman–Crippen LogP) is 2.14. The van der Waals surface area contributed by atoms with E-state index in [0.717, 1.165) is 37.5 Å². The largest absolute Gasteiger partial charge is 0.368 e. The van der Waals surface area contributed by atoms with Gasteiger partial charge in [-0.1, -0.05) is 18.5 Å². The van der Waals surface area contributed by atoms with E-state index < -0.39 is 0 Å². The standard InChI is InChI=1S/C12H18ClN3O/c1-4-16-5-6-17-10(7-16)12-14-9(3)8(2)11(13)15-12/h10H,4-7H2,1-3H3. The molecule has 0 bridgehead atoms. The summed E-state index contributed by atoms with van der Waals surface area (Å²) in [4.78, 5) is 11.1. The van der Waals surface area contributed by atoms with Gasteiger partial charge in [0.1, 0.15) is 11.3 Å². The number of hydrogen-bond acceptors (Lipinski definition) is 4. The SMILES string of the molecule is CCN1CCOC(c2nc(C)c(C)c(Cl)n2)C1. The van der Waals surface area contributed by atoms with Gasteiger partial charge in [0.25, 0.3) is 0 Å². The van der Waals surface area contributed by atoms with Crippen molar-refractivity contribution in [3.63, 3.8) is 0 Å². The molecule has 17 heavy (non-hydrogen) atoms. The molecule has 2 rings (SSSR count). The molecule has 0 aliphatic carbocycles. The van der Waals surface area contributed by atoms with Gasteiger partial charge in [-0.05, 0) is 20.4 Å². The van der Waals surface area contributed by atoms with Gasteiger partial charge in [0.15, 0.2) is 5.82 Å². The second-order valence-corrected chi connectivity index (χ2v) is 4.69. The number of aryl methyl sites for hydroxylation is 1. The molecule has 0 saturated carbocycles. The van der Waals surface area contributed by atoms with Crippen LogP contribution in [0.25, 0.3) is 0 Å². The maximum absolute atomic E-state index is 6.09. The molecule has 4 nitrogen and oxygen atoms in total. The summed E-state index contributed by atoms with van der Waals surface area (Å²) in [6.45, 7) is 9.61. The first-order valence-electron chi connectivity index (χ1n) is 5.96. The van der Waals surface area contributed by atoms with Crippen molar-refractivity contribution < 1.29 is 4.74 Å². The lowest BCUT2D eigenvalue weighted by molar-refractivity contribution is -0.0326. The average Bonchev–Trinajstić information content (AvgIpc) is 2.35. The van der Waals surface area contributed by atoms with Crippen LogP contribution >= 0.6 is 11.6 Å². The summed E-state index contributed by atoms with van der Waals surface area (Å²) in [5.41, 5.74) is 1.87. The topological polar surface area (TPSA) is 38.2 Å². The molecule has 1 atom stereocenters. The van der Waals surface area contributed by atoms with E-state index in [9.17, 15) is 0 Å². The fourth-order valence-electron chi connectivity index (χ4n) is 1.90. The smallest absolute Gasteiger partial charge is 0.160 e. The molecular weight excluding hydrogens is 238 g/mol. The monoisotopic (exact) mass is 255 g/mol. The lowest BCUT2D eigenvalue weighted by atomic mass is 10.2. The highest BCUT2D eigenvalue weighted by Crippen LogP contribution is 2.23. The van der Waals surface area contributed by atoms with Crippen molar-refractivity contribution in [2.75, 3.05) is 26.2 Å². The Morgan fingerprint density at radius 3 is 2.82 bits per heavy atom. The van der Waals surface area contributed by atoms with Crippen molar-refractivity contribution in [2.24, 2.45) is 0 Å². The lowest BCUT2D eigenvalue weighted by Crippen LogP contribution is -2.38. The number of rotatable bonds is 2. The Hall–Kier alpha value is -0.710. The summed E-state index contributed by atoms with van der Waals surface area (Å²) >= 11 is 6.09. The van der Waals surface area contributed by atoms with Gasteiger partial charge in [-0.3, -0.25) is 4.90 Å². The first kappa shape index (κ1) is 12.7. The second kappa shape index (κ2) is 5.29. The van der Waals surface area contributed by atoms with Crippen LogP contribution in [0.1, 0.15) is 30.1 Å². The van der Waals surface area contributed by atoms with Crippen molar-refractivity contribution in [1.29, 1.82) is 0 Å². The number of hydrogen-bond donors (Lipinski definition) is 0. The lowest BCUT2D eigenvalue weighted by Gasteiger charge is -2.31. The summed E-state index contributed by atoms with van der Waals surface area (Å²) in [5.74, 6) is 0.705. The summed E-state index contributed by atoms with van der Waals surface area (Å²) in [7, 11) is 0. The zero-order valence-electron chi connectivity index (χ0n) is 10.5. The molecular formula is C12H18ClN3O. The maximum atomic E-state index is 6.09. The third kappa shape index (κ3) is 2.76. The van der Waals surface area contributed by atoms with Crippen molar-refractivity contribution in [3.8, 4) is 0 Å². The van der Waals surface area contributed by atoms with Crippen molar-refractivity contribution in [2.45, 2.75) is 26.9 Å². The second-order valence-electron chi connectivity index (χ2n) is 4.34. The Morgan fingerprint density at radius 2 is 2.18 bits per heavy atom. The van der Waals surface area contributed by atoms with Gasteiger partial charge in [-0.25, -0.2) is 9.97 Å². The van der Waals surface area contributed by atoms with Gasteiger partial charge in [-0.15, -0.1) is 0 Å². The molecule has 1 aliphatic heterocycles. The van der Waals surface area contributed by atoms with E-state index in [1.165, 1.54) is 0 Å². The minimum Gasteiger partial charge on any atom is -0.368 e. The third-order valence-corrected chi connectivity index (χ3v) is 3.60. The quantitative estimate of drug-likeness (QED) is 0.759. The first-order chi connectivity index (χ1) is 8.11. The van der Waals surface area contributed by atoms with Crippen molar-refractivity contribution in [1.82, 2.24) is 14.9 Å². The van der Waals surface area contributed by atoms with Crippen LogP contribution < -0.4 is 0 Å². The fraction of sp³-hybridized carbons (Fsp3) is 0.667. The van der Waals surface area contributed by atoms with Crippen LogP contribution in [0.3, 0.4) is 0 Å². The van der Waals surface area contributed by atoms with E-state index in [-0.39, 0.29) is 6.10 Å². The van der Waals surface area contributed by atoms with E-state index in [1.807, 2.05) is 13.8 Å². The van der Waals surface area contributed by atoms with Gasteiger partial charge in [0.05, 0.1) is 6.61 Å². The predicted molar refractivity (Wildman–Crippen MR) is 67.3 cm³/mol. The number of morpholine rings is 1. The van der Waals surface area contributed by atoms with E-state index in [1.54, 1.807) is 0 Å². The van der Waals surface area contributed by atoms with E-state index >= 15 is 0 Å². The molecule has 1 aromatic rings. The molecule has 1 aliphatic rings. The molecule has 1 aromatic heterocycles. The highest BCUT2D eigenvalue weighted by Gasteiger charge is 2.24. The molecule has 0 N–H and O–H groups in total. The maximum Gasteiger partial charge on any atom is 0.160 e. The Morgan fingerprint density at radius 1 is 1.41 bits per heavy atom. The Balaban J connectivity index is 2.22. The molecule has 0 aromatic carbocycles. The van der Waals surface area contributed by atoms with Crippen LogP contribution in [0.5, 0.6) is 0 Å². The third-order valence-electron chi connectivity index (χ3n) is 3.23. The van der Waals surface area contributed by atoms with Crippen LogP contribution in [0.4, 0.5) is 0 Å². The molecule has 0 radical (unpaired) electrons. The van der Waals surface area contributed by atoms with Gasteiger partial charge in [0, 0.05) is 24.3 Å². The fourth-order valence-corrected chi connectivity index (χ4v) is 2.13. The number of ether oxygens (including phenoxy) is 1. The molecule has 0 spiro atoms. The van der Waals surface area contributed by atoms with E-state index in [2.05, 4.69) is 21.8 Å². The van der Waals surface area contributed by atoms with Crippen LogP contribution in [-0.2, 0) is 4.74 Å². The molecule has 94 valence electrons. The zero-order chi connectivity index (χ0) is 12.4. The highest BCUT2D eigenvalue weighted by molar-refractivity contribution is 6.30. The van der Waals surface area contributed by atoms with Crippen LogP contribution in [0.2, 0.25) is 5.15 Å². The highest BCUT2D eigenvalue weighted by atomic mass is 35.5. The summed E-state index contributed by atoms with van der Waals surface area (Å²) in [6.07, 6.45) is -0.0551. The zero-order valence-corrected chi connectivity index (χ0v) is 11.3. The number of likely N-dealkylation sites (N-methyl/N-ethyl adjacent to an activating group) is 1.